The fourth-order valence-corrected chi connectivity index (χ4v) is 1.12. The molecule has 1 atom stereocenters. The third kappa shape index (κ3) is 3.25. The van der Waals surface area contributed by atoms with Crippen LogP contribution in [0.5, 0.6) is 5.75 Å². The van der Waals surface area contributed by atoms with E-state index >= 15 is 0 Å². The van der Waals surface area contributed by atoms with E-state index in [1.54, 1.807) is 0 Å². The fourth-order valence-electron chi connectivity index (χ4n) is 1.12. The highest BCUT2D eigenvalue weighted by atomic mass is 16.5. The molecular weight excluding hydrogens is 192 g/mol. The van der Waals surface area contributed by atoms with Gasteiger partial charge in [-0.1, -0.05) is 12.1 Å². The number of aryl methyl sites for hydroxylation is 2. The first-order valence-electron chi connectivity index (χ1n) is 4.75. The van der Waals surface area contributed by atoms with Crippen LogP contribution in [0, 0.1) is 13.8 Å². The van der Waals surface area contributed by atoms with Gasteiger partial charge in [0.05, 0.1) is 0 Å². The van der Waals surface area contributed by atoms with Gasteiger partial charge in [-0.15, -0.1) is 0 Å². The van der Waals surface area contributed by atoms with Gasteiger partial charge in [-0.2, -0.15) is 0 Å². The smallest absolute Gasteiger partial charge is 0.237 e. The van der Waals surface area contributed by atoms with Crippen LogP contribution in [-0.2, 0) is 4.79 Å². The van der Waals surface area contributed by atoms with Gasteiger partial charge in [0.25, 0.3) is 0 Å². The van der Waals surface area contributed by atoms with E-state index in [0.29, 0.717) is 0 Å². The molecule has 82 valence electrons. The largest absolute Gasteiger partial charge is 0.491 e. The molecule has 0 saturated heterocycles. The lowest BCUT2D eigenvalue weighted by Crippen LogP contribution is -2.41. The average molecular weight is 208 g/mol. The van der Waals surface area contributed by atoms with Crippen molar-refractivity contribution in [1.82, 2.24) is 0 Å². The maximum absolute atomic E-state index is 10.7. The predicted octanol–water partition coefficient (Wildman–Crippen LogP) is 0.495. The Morgan fingerprint density at radius 2 is 2.13 bits per heavy atom. The van der Waals surface area contributed by atoms with Crippen LogP contribution in [0.2, 0.25) is 0 Å². The van der Waals surface area contributed by atoms with Crippen LogP contribution in [0.25, 0.3) is 0 Å². The quantitative estimate of drug-likeness (QED) is 0.756. The molecular formula is C11H16N2O2. The third-order valence-corrected chi connectivity index (χ3v) is 2.13. The van der Waals surface area contributed by atoms with Crippen molar-refractivity contribution in [2.75, 3.05) is 6.61 Å². The molecule has 15 heavy (non-hydrogen) atoms. The number of carbonyl (C=O) groups excluding carboxylic acids is 1. The normalized spacial score (nSPS) is 12.2. The molecule has 4 heteroatoms. The Morgan fingerprint density at radius 1 is 1.47 bits per heavy atom. The van der Waals surface area contributed by atoms with Crippen molar-refractivity contribution in [3.05, 3.63) is 29.3 Å². The molecule has 4 nitrogen and oxygen atoms in total. The van der Waals surface area contributed by atoms with Crippen molar-refractivity contribution >= 4 is 5.91 Å². The Balaban J connectivity index is 2.65. The van der Waals surface area contributed by atoms with Gasteiger partial charge in [0.1, 0.15) is 18.4 Å². The van der Waals surface area contributed by atoms with E-state index in [0.717, 1.165) is 16.9 Å². The van der Waals surface area contributed by atoms with E-state index in [1.807, 2.05) is 32.0 Å². The Hall–Kier alpha value is -1.55. The summed E-state index contributed by atoms with van der Waals surface area (Å²) in [5.74, 6) is 0.187. The number of benzene rings is 1. The molecule has 1 aromatic carbocycles. The number of hydrogen-bond donors (Lipinski definition) is 2. The number of carbonyl (C=O) groups is 1. The molecule has 0 spiro atoms. The van der Waals surface area contributed by atoms with Gasteiger partial charge in [0.15, 0.2) is 0 Å². The Morgan fingerprint density at radius 3 is 2.73 bits per heavy atom. The van der Waals surface area contributed by atoms with Crippen molar-refractivity contribution in [3.8, 4) is 5.75 Å². The summed E-state index contributed by atoms with van der Waals surface area (Å²) in [7, 11) is 0. The van der Waals surface area contributed by atoms with Crippen LogP contribution in [0.3, 0.4) is 0 Å². The molecule has 0 radical (unpaired) electrons. The van der Waals surface area contributed by atoms with Gasteiger partial charge in [-0.05, 0) is 31.0 Å². The topological polar surface area (TPSA) is 78.3 Å². The summed E-state index contributed by atoms with van der Waals surface area (Å²) < 4.78 is 5.41. The molecule has 0 heterocycles. The second kappa shape index (κ2) is 4.79. The van der Waals surface area contributed by atoms with E-state index in [9.17, 15) is 4.79 Å². The lowest BCUT2D eigenvalue weighted by atomic mass is 10.1. The molecule has 0 aliphatic carbocycles. The highest BCUT2D eigenvalue weighted by molar-refractivity contribution is 5.79. The molecule has 4 N–H and O–H groups in total. The van der Waals surface area contributed by atoms with Crippen LogP contribution >= 0.6 is 0 Å². The molecule has 0 aliphatic heterocycles. The van der Waals surface area contributed by atoms with Crippen molar-refractivity contribution < 1.29 is 9.53 Å². The molecule has 0 aliphatic rings. The van der Waals surface area contributed by atoms with E-state index in [1.165, 1.54) is 0 Å². The van der Waals surface area contributed by atoms with E-state index in [4.69, 9.17) is 16.2 Å². The van der Waals surface area contributed by atoms with E-state index in [-0.39, 0.29) is 6.61 Å². The maximum Gasteiger partial charge on any atom is 0.237 e. The summed E-state index contributed by atoms with van der Waals surface area (Å²) >= 11 is 0. The number of amides is 1. The summed E-state index contributed by atoms with van der Waals surface area (Å²) in [6, 6.07) is 5.10. The minimum absolute atomic E-state index is 0.111. The molecule has 0 aromatic heterocycles. The van der Waals surface area contributed by atoms with Crippen LogP contribution in [-0.4, -0.2) is 18.6 Å². The second-order valence-corrected chi connectivity index (χ2v) is 3.59. The highest BCUT2D eigenvalue weighted by Crippen LogP contribution is 2.18. The van der Waals surface area contributed by atoms with Gasteiger partial charge in [0.2, 0.25) is 5.91 Å². The first-order chi connectivity index (χ1) is 7.00. The van der Waals surface area contributed by atoms with Gasteiger partial charge in [-0.25, -0.2) is 0 Å². The number of nitrogens with two attached hydrogens (primary N) is 2. The lowest BCUT2D eigenvalue weighted by Gasteiger charge is -2.12. The summed E-state index contributed by atoms with van der Waals surface area (Å²) in [6.07, 6.45) is 0. The maximum atomic E-state index is 10.7. The monoisotopic (exact) mass is 208 g/mol. The van der Waals surface area contributed by atoms with Crippen molar-refractivity contribution in [2.45, 2.75) is 19.9 Å². The molecule has 1 unspecified atom stereocenters. The average Bonchev–Trinajstić information content (AvgIpc) is 2.18. The zero-order valence-corrected chi connectivity index (χ0v) is 8.99. The Bertz CT molecular complexity index is 364. The minimum atomic E-state index is -0.759. The molecule has 1 aromatic rings. The molecule has 1 rings (SSSR count). The Kier molecular flexibility index (Phi) is 3.68. The minimum Gasteiger partial charge on any atom is -0.491 e. The first kappa shape index (κ1) is 11.5. The molecule has 1 amide bonds. The number of hydrogen-bond acceptors (Lipinski definition) is 3. The predicted molar refractivity (Wildman–Crippen MR) is 58.6 cm³/mol. The van der Waals surface area contributed by atoms with Crippen LogP contribution in [0.15, 0.2) is 18.2 Å². The highest BCUT2D eigenvalue weighted by Gasteiger charge is 2.10. The summed E-state index contributed by atoms with van der Waals surface area (Å²) in [5, 5.41) is 0. The van der Waals surface area contributed by atoms with Gasteiger partial charge >= 0.3 is 0 Å². The van der Waals surface area contributed by atoms with Crippen LogP contribution < -0.4 is 16.2 Å². The number of primary amides is 1. The Labute approximate surface area is 89.2 Å². The third-order valence-electron chi connectivity index (χ3n) is 2.13. The van der Waals surface area contributed by atoms with Crippen molar-refractivity contribution in [1.29, 1.82) is 0 Å². The van der Waals surface area contributed by atoms with Crippen molar-refractivity contribution in [2.24, 2.45) is 11.5 Å². The number of ether oxygens (including phenoxy) is 1. The molecule has 0 saturated carbocycles. The zero-order valence-electron chi connectivity index (χ0n) is 8.99. The first-order valence-corrected chi connectivity index (χ1v) is 4.75. The van der Waals surface area contributed by atoms with Crippen molar-refractivity contribution in [3.63, 3.8) is 0 Å². The van der Waals surface area contributed by atoms with Gasteiger partial charge in [-0.3, -0.25) is 4.79 Å². The van der Waals surface area contributed by atoms with Crippen LogP contribution in [0.4, 0.5) is 0 Å². The second-order valence-electron chi connectivity index (χ2n) is 3.59. The fraction of sp³-hybridized carbons (Fsp3) is 0.364. The van der Waals surface area contributed by atoms with Crippen LogP contribution in [0.1, 0.15) is 11.1 Å². The standard InChI is InChI=1S/C11H16N2O2/c1-7-3-4-8(2)10(5-7)15-6-9(12)11(13)14/h3-5,9H,6,12H2,1-2H3,(H2,13,14). The number of rotatable bonds is 4. The lowest BCUT2D eigenvalue weighted by molar-refractivity contribution is -0.119. The van der Waals surface area contributed by atoms with E-state index < -0.39 is 11.9 Å². The molecule has 0 bridgehead atoms. The SMILES string of the molecule is Cc1ccc(C)c(OCC(N)C(N)=O)c1. The zero-order chi connectivity index (χ0) is 11.4. The van der Waals surface area contributed by atoms with E-state index in [2.05, 4.69) is 0 Å². The van der Waals surface area contributed by atoms with Gasteiger partial charge < -0.3 is 16.2 Å². The summed E-state index contributed by atoms with van der Waals surface area (Å²) in [6.45, 7) is 4.02. The summed E-state index contributed by atoms with van der Waals surface area (Å²) in [4.78, 5) is 10.7. The molecule has 0 fully saturated rings. The summed E-state index contributed by atoms with van der Waals surface area (Å²) in [5.41, 5.74) is 12.6. The van der Waals surface area contributed by atoms with Gasteiger partial charge in [0, 0.05) is 0 Å².